The minimum absolute atomic E-state index is 0. The van der Waals surface area contributed by atoms with Gasteiger partial charge in [0.1, 0.15) is 12.4 Å². The van der Waals surface area contributed by atoms with Crippen LogP contribution in [0.4, 0.5) is 0 Å². The smallest absolute Gasteiger partial charge is 0.191 e. The van der Waals surface area contributed by atoms with Gasteiger partial charge >= 0.3 is 0 Å². The molecule has 2 atom stereocenters. The molecule has 2 rings (SSSR count). The molecule has 1 saturated carbocycles. The Balaban J connectivity index is 0.00000312. The summed E-state index contributed by atoms with van der Waals surface area (Å²) in [5, 5.41) is 15.2. The van der Waals surface area contributed by atoms with E-state index in [0.29, 0.717) is 18.7 Å². The Labute approximate surface area is 168 Å². The van der Waals surface area contributed by atoms with Crippen molar-refractivity contribution in [1.29, 1.82) is 0 Å². The van der Waals surface area contributed by atoms with Crippen molar-refractivity contribution in [3.8, 4) is 0 Å². The Bertz CT molecular complexity index is 569. The molecule has 1 aliphatic rings. The highest BCUT2D eigenvalue weighted by Gasteiger charge is 2.53. The number of hydrogen-bond acceptors (Lipinski definition) is 4. The zero-order valence-corrected chi connectivity index (χ0v) is 18.6. The maximum absolute atomic E-state index is 5.68. The molecule has 0 aliphatic heterocycles. The third-order valence-corrected chi connectivity index (χ3v) is 5.60. The summed E-state index contributed by atoms with van der Waals surface area (Å²) >= 11 is 0. The van der Waals surface area contributed by atoms with Crippen LogP contribution in [0.2, 0.25) is 0 Å². The van der Waals surface area contributed by atoms with Crippen LogP contribution in [0.15, 0.2) is 4.99 Å². The highest BCUT2D eigenvalue weighted by atomic mass is 127. The van der Waals surface area contributed by atoms with Gasteiger partial charge < -0.3 is 19.9 Å². The number of ether oxygens (including phenoxy) is 1. The maximum Gasteiger partial charge on any atom is 0.191 e. The molecule has 1 fully saturated rings. The lowest BCUT2D eigenvalue weighted by Gasteiger charge is -2.55. The van der Waals surface area contributed by atoms with Crippen molar-refractivity contribution in [2.24, 2.45) is 17.5 Å². The van der Waals surface area contributed by atoms with Gasteiger partial charge in [-0.15, -0.1) is 34.2 Å². The minimum Gasteiger partial charge on any atom is -0.381 e. The van der Waals surface area contributed by atoms with Crippen LogP contribution in [0.25, 0.3) is 0 Å². The number of halogens is 1. The number of aryl methyl sites for hydroxylation is 1. The number of rotatable bonds is 7. The molecular formula is C17H33IN6O. The fourth-order valence-corrected chi connectivity index (χ4v) is 3.70. The first kappa shape index (κ1) is 22.1. The van der Waals surface area contributed by atoms with E-state index in [1.54, 1.807) is 0 Å². The van der Waals surface area contributed by atoms with E-state index in [-0.39, 0.29) is 29.4 Å². The molecule has 2 unspecified atom stereocenters. The number of nitrogens with zero attached hydrogens (tertiary/aromatic N) is 4. The second-order valence-electron chi connectivity index (χ2n) is 6.51. The lowest BCUT2D eigenvalue weighted by Crippen LogP contribution is -2.65. The van der Waals surface area contributed by atoms with Crippen LogP contribution >= 0.6 is 24.0 Å². The van der Waals surface area contributed by atoms with Gasteiger partial charge in [-0.3, -0.25) is 0 Å². The maximum atomic E-state index is 5.68. The second-order valence-corrected chi connectivity index (χ2v) is 6.51. The quantitative estimate of drug-likeness (QED) is 0.368. The van der Waals surface area contributed by atoms with Gasteiger partial charge in [-0.25, -0.2) is 4.99 Å². The monoisotopic (exact) mass is 464 g/mol. The van der Waals surface area contributed by atoms with Crippen LogP contribution in [0.3, 0.4) is 0 Å². The molecule has 0 bridgehead atoms. The van der Waals surface area contributed by atoms with Crippen LogP contribution in [-0.2, 0) is 18.3 Å². The number of methoxy groups -OCH3 is 1. The molecular weight excluding hydrogens is 431 g/mol. The second kappa shape index (κ2) is 9.70. The first-order chi connectivity index (χ1) is 11.5. The first-order valence-electron chi connectivity index (χ1n) is 8.94. The van der Waals surface area contributed by atoms with Crippen molar-refractivity contribution >= 4 is 29.9 Å². The normalized spacial score (nSPS) is 22.1. The molecule has 1 aliphatic carbocycles. The minimum atomic E-state index is 0. The van der Waals surface area contributed by atoms with Gasteiger partial charge in [0.25, 0.3) is 0 Å². The van der Waals surface area contributed by atoms with Crippen LogP contribution < -0.4 is 10.6 Å². The predicted octanol–water partition coefficient (Wildman–Crippen LogP) is 2.39. The molecule has 2 N–H and O–H groups in total. The summed E-state index contributed by atoms with van der Waals surface area (Å²) in [4.78, 5) is 4.69. The summed E-state index contributed by atoms with van der Waals surface area (Å²) in [5.41, 5.74) is 0.187. The van der Waals surface area contributed by atoms with E-state index in [1.807, 2.05) is 25.6 Å². The molecule has 0 spiro atoms. The Morgan fingerprint density at radius 3 is 2.48 bits per heavy atom. The van der Waals surface area contributed by atoms with Gasteiger partial charge in [0.2, 0.25) is 0 Å². The Kier molecular flexibility index (Phi) is 8.59. The van der Waals surface area contributed by atoms with E-state index >= 15 is 0 Å². The highest BCUT2D eigenvalue weighted by Crippen LogP contribution is 2.48. The molecule has 1 heterocycles. The van der Waals surface area contributed by atoms with Gasteiger partial charge in [0, 0.05) is 32.2 Å². The lowest BCUT2D eigenvalue weighted by molar-refractivity contribution is -0.118. The molecule has 1 aromatic heterocycles. The van der Waals surface area contributed by atoms with Gasteiger partial charge in [-0.1, -0.05) is 13.8 Å². The number of nitrogens with one attached hydrogen (secondary N) is 2. The van der Waals surface area contributed by atoms with Crippen LogP contribution in [0.1, 0.15) is 51.7 Å². The average molecular weight is 464 g/mol. The zero-order chi connectivity index (χ0) is 17.7. The number of aromatic nitrogens is 3. The van der Waals surface area contributed by atoms with Crippen LogP contribution in [0.5, 0.6) is 0 Å². The summed E-state index contributed by atoms with van der Waals surface area (Å²) in [6.45, 7) is 9.86. The Morgan fingerprint density at radius 2 is 2.00 bits per heavy atom. The van der Waals surface area contributed by atoms with E-state index in [2.05, 4.69) is 41.6 Å². The van der Waals surface area contributed by atoms with E-state index in [1.165, 1.54) is 0 Å². The molecule has 25 heavy (non-hydrogen) atoms. The Morgan fingerprint density at radius 1 is 1.32 bits per heavy atom. The molecule has 0 saturated heterocycles. The fraction of sp³-hybridized carbons (Fsp3) is 0.824. The summed E-state index contributed by atoms with van der Waals surface area (Å²) in [6.07, 6.45) is 3.55. The zero-order valence-electron chi connectivity index (χ0n) is 16.3. The van der Waals surface area contributed by atoms with E-state index < -0.39 is 0 Å². The lowest BCUT2D eigenvalue weighted by atomic mass is 9.58. The fourth-order valence-electron chi connectivity index (χ4n) is 3.70. The van der Waals surface area contributed by atoms with Crippen LogP contribution in [-0.4, -0.2) is 46.5 Å². The van der Waals surface area contributed by atoms with Gasteiger partial charge in [0.05, 0.1) is 6.10 Å². The van der Waals surface area contributed by atoms with E-state index in [0.717, 1.165) is 43.4 Å². The first-order valence-corrected chi connectivity index (χ1v) is 8.94. The molecule has 0 amide bonds. The predicted molar refractivity (Wildman–Crippen MR) is 111 cm³/mol. The highest BCUT2D eigenvalue weighted by molar-refractivity contribution is 14.0. The molecule has 0 radical (unpaired) electrons. The van der Waals surface area contributed by atoms with Gasteiger partial charge in [0.15, 0.2) is 11.8 Å². The molecule has 7 nitrogen and oxygen atoms in total. The van der Waals surface area contributed by atoms with Crippen LogP contribution in [0, 0.1) is 12.3 Å². The van der Waals surface area contributed by atoms with E-state index in [9.17, 15) is 0 Å². The number of aliphatic imine (C=N–C) groups is 1. The van der Waals surface area contributed by atoms with Crippen molar-refractivity contribution < 1.29 is 4.74 Å². The molecule has 144 valence electrons. The van der Waals surface area contributed by atoms with Crippen molar-refractivity contribution in [3.05, 3.63) is 11.6 Å². The third kappa shape index (κ3) is 4.45. The summed E-state index contributed by atoms with van der Waals surface area (Å²) < 4.78 is 7.65. The topological polar surface area (TPSA) is 76.4 Å². The molecule has 8 heteroatoms. The summed E-state index contributed by atoms with van der Waals surface area (Å²) in [5.74, 6) is 2.60. The largest absolute Gasteiger partial charge is 0.381 e. The summed E-state index contributed by atoms with van der Waals surface area (Å²) in [7, 11) is 3.78. The molecule has 1 aromatic rings. The standard InChI is InChI=1S/C17H32N6O.HI/c1-7-17(8-2)13(10-14(17)24-6)20-16(18-9-3)19-11-15-22-21-12(4)23(15)5;/h13-14H,7-11H2,1-6H3,(H2,18,19,20);1H. The number of guanidine groups is 1. The number of hydrogen-bond donors (Lipinski definition) is 2. The van der Waals surface area contributed by atoms with Gasteiger partial charge in [-0.05, 0) is 33.1 Å². The summed E-state index contributed by atoms with van der Waals surface area (Å²) in [6, 6.07) is 0.386. The van der Waals surface area contributed by atoms with Gasteiger partial charge in [-0.2, -0.15) is 0 Å². The third-order valence-electron chi connectivity index (χ3n) is 5.60. The SMILES string of the molecule is CCNC(=NCc1nnc(C)n1C)NC1CC(OC)C1(CC)CC.I. The Hall–Kier alpha value is -0.900. The van der Waals surface area contributed by atoms with Crippen molar-refractivity contribution in [1.82, 2.24) is 25.4 Å². The van der Waals surface area contributed by atoms with Crippen molar-refractivity contribution in [3.63, 3.8) is 0 Å². The van der Waals surface area contributed by atoms with Crippen molar-refractivity contribution in [2.75, 3.05) is 13.7 Å². The van der Waals surface area contributed by atoms with Crippen molar-refractivity contribution in [2.45, 2.75) is 65.6 Å². The van der Waals surface area contributed by atoms with E-state index in [4.69, 9.17) is 9.73 Å². The average Bonchev–Trinajstić information content (AvgIpc) is 2.89. The molecule has 0 aromatic carbocycles.